The fourth-order valence-electron chi connectivity index (χ4n) is 2.13. The van der Waals surface area contributed by atoms with Gasteiger partial charge in [-0.25, -0.2) is 0 Å². The Morgan fingerprint density at radius 1 is 1.06 bits per heavy atom. The quantitative estimate of drug-likeness (QED) is 0.728. The zero-order valence-electron chi connectivity index (χ0n) is 9.40. The third kappa shape index (κ3) is 1.51. The van der Waals surface area contributed by atoms with Gasteiger partial charge in [-0.15, -0.1) is 0 Å². The van der Waals surface area contributed by atoms with Gasteiger partial charge in [-0.1, -0.05) is 6.07 Å². The largest absolute Gasteiger partial charge is 0.508 e. The van der Waals surface area contributed by atoms with Gasteiger partial charge in [-0.3, -0.25) is 0 Å². The van der Waals surface area contributed by atoms with Crippen molar-refractivity contribution in [2.24, 2.45) is 0 Å². The molecule has 2 aromatic carbocycles. The van der Waals surface area contributed by atoms with Gasteiger partial charge in [-0.05, 0) is 36.2 Å². The molecule has 0 unspecified atom stereocenters. The van der Waals surface area contributed by atoms with Gasteiger partial charge >= 0.3 is 0 Å². The lowest BCUT2D eigenvalue weighted by atomic mass is 9.95. The van der Waals surface area contributed by atoms with Crippen LogP contribution < -0.4 is 4.74 Å². The van der Waals surface area contributed by atoms with E-state index in [2.05, 4.69) is 0 Å². The fourth-order valence-corrected chi connectivity index (χ4v) is 2.13. The highest BCUT2D eigenvalue weighted by molar-refractivity contribution is 5.77. The van der Waals surface area contributed by atoms with E-state index in [0.717, 1.165) is 22.3 Å². The van der Waals surface area contributed by atoms with E-state index < -0.39 is 0 Å². The third-order valence-corrected chi connectivity index (χ3v) is 3.06. The SMILES string of the molecule is Cc1cc2c(cc1O)OCc1cc(O)ccc1-2. The molecule has 3 heteroatoms. The first-order valence-electron chi connectivity index (χ1n) is 5.44. The Morgan fingerprint density at radius 3 is 2.71 bits per heavy atom. The van der Waals surface area contributed by atoms with E-state index in [9.17, 15) is 10.2 Å². The fraction of sp³-hybridized carbons (Fsp3) is 0.143. The normalized spacial score (nSPS) is 12.5. The molecule has 0 atom stereocenters. The van der Waals surface area contributed by atoms with Crippen molar-refractivity contribution in [1.29, 1.82) is 0 Å². The second kappa shape index (κ2) is 3.42. The summed E-state index contributed by atoms with van der Waals surface area (Å²) in [5.41, 5.74) is 3.78. The molecule has 0 saturated heterocycles. The van der Waals surface area contributed by atoms with Crippen LogP contribution in [0.4, 0.5) is 0 Å². The molecule has 86 valence electrons. The average Bonchev–Trinajstić information content (AvgIpc) is 2.30. The summed E-state index contributed by atoms with van der Waals surface area (Å²) >= 11 is 0. The second-order valence-electron chi connectivity index (χ2n) is 4.26. The van der Waals surface area contributed by atoms with Crippen molar-refractivity contribution >= 4 is 0 Å². The Balaban J connectivity index is 2.25. The first-order chi connectivity index (χ1) is 8.15. The highest BCUT2D eigenvalue weighted by Gasteiger charge is 2.18. The number of aryl methyl sites for hydroxylation is 1. The van der Waals surface area contributed by atoms with Crippen molar-refractivity contribution in [3.63, 3.8) is 0 Å². The standard InChI is InChI=1S/C14H12O3/c1-8-4-12-11-3-2-10(15)5-9(11)7-17-14(12)6-13(8)16/h2-6,15-16H,7H2,1H3. The lowest BCUT2D eigenvalue weighted by Crippen LogP contribution is -2.05. The number of phenolic OH excluding ortho intramolecular Hbond substituents is 2. The van der Waals surface area contributed by atoms with Gasteiger partial charge in [0.05, 0.1) is 0 Å². The molecule has 0 radical (unpaired) electrons. The number of rotatable bonds is 0. The summed E-state index contributed by atoms with van der Waals surface area (Å²) in [5.74, 6) is 1.17. The minimum Gasteiger partial charge on any atom is -0.508 e. The van der Waals surface area contributed by atoms with Crippen molar-refractivity contribution in [1.82, 2.24) is 0 Å². The van der Waals surface area contributed by atoms with E-state index in [1.54, 1.807) is 18.2 Å². The van der Waals surface area contributed by atoms with Gasteiger partial charge < -0.3 is 14.9 Å². The zero-order chi connectivity index (χ0) is 12.0. The Hall–Kier alpha value is -2.16. The van der Waals surface area contributed by atoms with E-state index in [4.69, 9.17) is 4.74 Å². The highest BCUT2D eigenvalue weighted by Crippen LogP contribution is 2.41. The van der Waals surface area contributed by atoms with Gasteiger partial charge in [0.25, 0.3) is 0 Å². The summed E-state index contributed by atoms with van der Waals surface area (Å²) in [5, 5.41) is 19.1. The Morgan fingerprint density at radius 2 is 1.88 bits per heavy atom. The smallest absolute Gasteiger partial charge is 0.131 e. The number of fused-ring (bicyclic) bond motifs is 3. The predicted molar refractivity (Wildman–Crippen MR) is 64.3 cm³/mol. The first kappa shape index (κ1) is 10.0. The predicted octanol–water partition coefficient (Wildman–Crippen LogP) is 2.97. The maximum atomic E-state index is 9.65. The summed E-state index contributed by atoms with van der Waals surface area (Å²) in [6.45, 7) is 2.27. The Bertz CT molecular complexity index is 603. The van der Waals surface area contributed by atoms with Crippen molar-refractivity contribution < 1.29 is 14.9 Å². The molecule has 2 N–H and O–H groups in total. The monoisotopic (exact) mass is 228 g/mol. The van der Waals surface area contributed by atoms with E-state index in [1.165, 1.54) is 0 Å². The summed E-state index contributed by atoms with van der Waals surface area (Å²) in [6, 6.07) is 8.79. The molecule has 3 rings (SSSR count). The number of phenols is 2. The Labute approximate surface area is 98.9 Å². The van der Waals surface area contributed by atoms with Crippen LogP contribution in [0.5, 0.6) is 17.2 Å². The maximum Gasteiger partial charge on any atom is 0.131 e. The third-order valence-electron chi connectivity index (χ3n) is 3.06. The summed E-state index contributed by atoms with van der Waals surface area (Å²) in [6.07, 6.45) is 0. The van der Waals surface area contributed by atoms with Crippen LogP contribution in [0.15, 0.2) is 30.3 Å². The Kier molecular flexibility index (Phi) is 2.01. The molecule has 2 aromatic rings. The van der Waals surface area contributed by atoms with Crippen LogP contribution in [0.3, 0.4) is 0 Å². The number of hydrogen-bond donors (Lipinski definition) is 2. The second-order valence-corrected chi connectivity index (χ2v) is 4.26. The van der Waals surface area contributed by atoms with Crippen LogP contribution >= 0.6 is 0 Å². The molecule has 0 fully saturated rings. The number of ether oxygens (including phenoxy) is 1. The molecule has 0 spiro atoms. The number of aromatic hydroxyl groups is 2. The molecule has 1 heterocycles. The molecule has 0 aliphatic carbocycles. The summed E-state index contributed by atoms with van der Waals surface area (Å²) in [7, 11) is 0. The van der Waals surface area contributed by atoms with Crippen LogP contribution in [-0.4, -0.2) is 10.2 Å². The molecule has 1 aliphatic rings. The maximum absolute atomic E-state index is 9.65. The average molecular weight is 228 g/mol. The molecule has 0 bridgehead atoms. The molecule has 17 heavy (non-hydrogen) atoms. The van der Waals surface area contributed by atoms with E-state index in [-0.39, 0.29) is 11.5 Å². The zero-order valence-corrected chi connectivity index (χ0v) is 9.40. The van der Waals surface area contributed by atoms with E-state index >= 15 is 0 Å². The van der Waals surface area contributed by atoms with Crippen LogP contribution in [0, 0.1) is 6.92 Å². The lowest BCUT2D eigenvalue weighted by molar-refractivity contribution is 0.299. The van der Waals surface area contributed by atoms with Crippen molar-refractivity contribution in [2.45, 2.75) is 13.5 Å². The minimum absolute atomic E-state index is 0.242. The molecular formula is C14H12O3. The van der Waals surface area contributed by atoms with Gasteiger partial charge in [-0.2, -0.15) is 0 Å². The number of hydrogen-bond acceptors (Lipinski definition) is 3. The molecule has 0 amide bonds. The molecule has 0 aromatic heterocycles. The lowest BCUT2D eigenvalue weighted by Gasteiger charge is -2.21. The van der Waals surface area contributed by atoms with Gasteiger partial charge in [0.15, 0.2) is 0 Å². The van der Waals surface area contributed by atoms with Crippen LogP contribution in [0.25, 0.3) is 11.1 Å². The topological polar surface area (TPSA) is 49.7 Å². The van der Waals surface area contributed by atoms with Crippen LogP contribution in [0.2, 0.25) is 0 Å². The van der Waals surface area contributed by atoms with Gasteiger partial charge in [0.1, 0.15) is 23.9 Å². The van der Waals surface area contributed by atoms with Crippen molar-refractivity contribution in [3.8, 4) is 28.4 Å². The van der Waals surface area contributed by atoms with E-state index in [0.29, 0.717) is 12.4 Å². The molecule has 3 nitrogen and oxygen atoms in total. The summed E-state index contributed by atoms with van der Waals surface area (Å²) in [4.78, 5) is 0. The summed E-state index contributed by atoms with van der Waals surface area (Å²) < 4.78 is 5.57. The van der Waals surface area contributed by atoms with Gasteiger partial charge in [0, 0.05) is 17.2 Å². The molecular weight excluding hydrogens is 216 g/mol. The molecule has 1 aliphatic heterocycles. The highest BCUT2D eigenvalue weighted by atomic mass is 16.5. The number of benzene rings is 2. The van der Waals surface area contributed by atoms with E-state index in [1.807, 2.05) is 19.1 Å². The van der Waals surface area contributed by atoms with Crippen molar-refractivity contribution in [3.05, 3.63) is 41.5 Å². The van der Waals surface area contributed by atoms with Crippen LogP contribution in [-0.2, 0) is 6.61 Å². The van der Waals surface area contributed by atoms with Gasteiger partial charge in [0.2, 0.25) is 0 Å². The minimum atomic E-state index is 0.242. The molecule has 0 saturated carbocycles. The van der Waals surface area contributed by atoms with Crippen LogP contribution in [0.1, 0.15) is 11.1 Å². The first-order valence-corrected chi connectivity index (χ1v) is 5.44. The van der Waals surface area contributed by atoms with Crippen molar-refractivity contribution in [2.75, 3.05) is 0 Å².